The van der Waals surface area contributed by atoms with Crippen molar-refractivity contribution in [2.45, 2.75) is 33.0 Å². The molecule has 0 N–H and O–H groups in total. The zero-order valence-electron chi connectivity index (χ0n) is 8.02. The lowest BCUT2D eigenvalue weighted by Gasteiger charge is -2.42. The highest BCUT2D eigenvalue weighted by Crippen LogP contribution is 2.33. The first kappa shape index (κ1) is 10.3. The van der Waals surface area contributed by atoms with Crippen molar-refractivity contribution in [3.05, 3.63) is 0 Å². The fourth-order valence-corrected chi connectivity index (χ4v) is 1.46. The van der Waals surface area contributed by atoms with Gasteiger partial charge in [-0.05, 0) is 20.3 Å². The van der Waals surface area contributed by atoms with Crippen LogP contribution in [0.1, 0.15) is 27.2 Å². The third kappa shape index (κ3) is 2.12. The van der Waals surface area contributed by atoms with Gasteiger partial charge in [0.15, 0.2) is 5.79 Å². The topological polar surface area (TPSA) is 18.5 Å². The van der Waals surface area contributed by atoms with E-state index in [9.17, 15) is 0 Å². The van der Waals surface area contributed by atoms with E-state index in [1.54, 1.807) is 0 Å². The molecular weight excluding hydrogens is 176 g/mol. The molecule has 72 valence electrons. The number of hydrogen-bond donors (Lipinski definition) is 0. The van der Waals surface area contributed by atoms with Crippen LogP contribution in [0.2, 0.25) is 0 Å². The molecule has 1 aliphatic heterocycles. The summed E-state index contributed by atoms with van der Waals surface area (Å²) in [6.45, 7) is 7.40. The zero-order chi connectivity index (χ0) is 9.24. The van der Waals surface area contributed by atoms with Gasteiger partial charge < -0.3 is 9.47 Å². The molecule has 0 saturated carbocycles. The second-order valence-electron chi connectivity index (χ2n) is 3.96. The van der Waals surface area contributed by atoms with Crippen LogP contribution in [-0.4, -0.2) is 24.9 Å². The summed E-state index contributed by atoms with van der Waals surface area (Å²) in [5, 5.41) is 0. The Kier molecular flexibility index (Phi) is 3.02. The second kappa shape index (κ2) is 3.52. The summed E-state index contributed by atoms with van der Waals surface area (Å²) in [7, 11) is 0. The smallest absolute Gasteiger partial charge is 0.162 e. The predicted octanol–water partition coefficient (Wildman–Crippen LogP) is 2.40. The first-order valence-electron chi connectivity index (χ1n) is 4.37. The third-order valence-corrected chi connectivity index (χ3v) is 3.05. The lowest BCUT2D eigenvalue weighted by molar-refractivity contribution is -0.281. The van der Waals surface area contributed by atoms with Gasteiger partial charge in [0, 0.05) is 11.3 Å². The average Bonchev–Trinajstić information content (AvgIpc) is 2.06. The highest BCUT2D eigenvalue weighted by Gasteiger charge is 2.38. The molecule has 0 amide bonds. The van der Waals surface area contributed by atoms with Crippen LogP contribution in [0.3, 0.4) is 0 Å². The summed E-state index contributed by atoms with van der Waals surface area (Å²) in [5.41, 5.74) is 0.0388. The van der Waals surface area contributed by atoms with Crippen LogP contribution in [0.25, 0.3) is 0 Å². The van der Waals surface area contributed by atoms with Gasteiger partial charge >= 0.3 is 0 Å². The molecule has 0 radical (unpaired) electrons. The summed E-state index contributed by atoms with van der Waals surface area (Å²) < 4.78 is 11.1. The van der Waals surface area contributed by atoms with Gasteiger partial charge in [-0.3, -0.25) is 0 Å². The maximum absolute atomic E-state index is 5.87. The molecule has 3 heteroatoms. The standard InChI is InChI=1S/C9H17ClO2/c1-4-9(5-10)6-11-8(2,3)12-7-9/h4-7H2,1-3H3. The van der Waals surface area contributed by atoms with E-state index in [1.165, 1.54) is 0 Å². The predicted molar refractivity (Wildman–Crippen MR) is 49.4 cm³/mol. The second-order valence-corrected chi connectivity index (χ2v) is 4.23. The maximum Gasteiger partial charge on any atom is 0.162 e. The summed E-state index contributed by atoms with van der Waals surface area (Å²) in [4.78, 5) is 0. The molecule has 1 heterocycles. The minimum Gasteiger partial charge on any atom is -0.350 e. The van der Waals surface area contributed by atoms with E-state index in [0.29, 0.717) is 19.1 Å². The summed E-state index contributed by atoms with van der Waals surface area (Å²) in [5.74, 6) is 0.185. The fraction of sp³-hybridized carbons (Fsp3) is 1.00. The van der Waals surface area contributed by atoms with E-state index >= 15 is 0 Å². The van der Waals surface area contributed by atoms with Gasteiger partial charge in [0.2, 0.25) is 0 Å². The molecule has 1 aliphatic rings. The maximum atomic E-state index is 5.87. The van der Waals surface area contributed by atoms with Gasteiger partial charge in [-0.1, -0.05) is 6.92 Å². The molecule has 0 bridgehead atoms. The summed E-state index contributed by atoms with van der Waals surface area (Å²) >= 11 is 5.87. The minimum absolute atomic E-state index is 0.0388. The van der Waals surface area contributed by atoms with Gasteiger partial charge in [-0.2, -0.15) is 0 Å². The van der Waals surface area contributed by atoms with Crippen molar-refractivity contribution in [2.75, 3.05) is 19.1 Å². The molecule has 0 atom stereocenters. The number of halogens is 1. The van der Waals surface area contributed by atoms with Gasteiger partial charge in [-0.25, -0.2) is 0 Å². The average molecular weight is 193 g/mol. The van der Waals surface area contributed by atoms with Crippen molar-refractivity contribution in [3.8, 4) is 0 Å². The molecule has 12 heavy (non-hydrogen) atoms. The molecule has 0 aromatic heterocycles. The Morgan fingerprint density at radius 3 is 2.08 bits per heavy atom. The molecule has 0 aromatic rings. The first-order chi connectivity index (χ1) is 5.54. The molecule has 0 spiro atoms. The van der Waals surface area contributed by atoms with Crippen molar-refractivity contribution < 1.29 is 9.47 Å². The number of rotatable bonds is 2. The Morgan fingerprint density at radius 2 is 1.75 bits per heavy atom. The Morgan fingerprint density at radius 1 is 1.25 bits per heavy atom. The van der Waals surface area contributed by atoms with Crippen LogP contribution in [-0.2, 0) is 9.47 Å². The van der Waals surface area contributed by atoms with E-state index in [1.807, 2.05) is 13.8 Å². The molecule has 0 aromatic carbocycles. The van der Waals surface area contributed by atoms with Crippen molar-refractivity contribution in [1.29, 1.82) is 0 Å². The molecular formula is C9H17ClO2. The lowest BCUT2D eigenvalue weighted by atomic mass is 9.88. The monoisotopic (exact) mass is 192 g/mol. The van der Waals surface area contributed by atoms with E-state index < -0.39 is 5.79 Å². The minimum atomic E-state index is -0.426. The van der Waals surface area contributed by atoms with E-state index in [-0.39, 0.29) is 5.41 Å². The van der Waals surface area contributed by atoms with E-state index in [2.05, 4.69) is 6.92 Å². The van der Waals surface area contributed by atoms with Crippen molar-refractivity contribution in [1.82, 2.24) is 0 Å². The normalized spacial score (nSPS) is 27.0. The lowest BCUT2D eigenvalue weighted by Crippen LogP contribution is -2.47. The largest absolute Gasteiger partial charge is 0.350 e. The Bertz CT molecular complexity index is 141. The van der Waals surface area contributed by atoms with Crippen LogP contribution in [0.15, 0.2) is 0 Å². The van der Waals surface area contributed by atoms with Gasteiger partial charge in [0.05, 0.1) is 13.2 Å². The van der Waals surface area contributed by atoms with Crippen molar-refractivity contribution in [3.63, 3.8) is 0 Å². The Labute approximate surface area is 79.2 Å². The van der Waals surface area contributed by atoms with Crippen LogP contribution in [0.4, 0.5) is 0 Å². The fourth-order valence-electron chi connectivity index (χ4n) is 1.11. The summed E-state index contributed by atoms with van der Waals surface area (Å²) in [6.07, 6.45) is 1.01. The SMILES string of the molecule is CCC1(CCl)COC(C)(C)OC1. The summed E-state index contributed by atoms with van der Waals surface area (Å²) in [6, 6.07) is 0. The van der Waals surface area contributed by atoms with Crippen LogP contribution < -0.4 is 0 Å². The highest BCUT2D eigenvalue weighted by molar-refractivity contribution is 6.18. The third-order valence-electron chi connectivity index (χ3n) is 2.49. The molecule has 1 fully saturated rings. The van der Waals surface area contributed by atoms with E-state index in [0.717, 1.165) is 6.42 Å². The Balaban J connectivity index is 2.53. The quantitative estimate of drug-likeness (QED) is 0.626. The molecule has 0 unspecified atom stereocenters. The zero-order valence-corrected chi connectivity index (χ0v) is 8.78. The molecule has 2 nitrogen and oxygen atoms in total. The molecule has 1 saturated heterocycles. The number of hydrogen-bond acceptors (Lipinski definition) is 2. The first-order valence-corrected chi connectivity index (χ1v) is 4.91. The number of ether oxygens (including phenoxy) is 2. The van der Waals surface area contributed by atoms with Crippen molar-refractivity contribution >= 4 is 11.6 Å². The van der Waals surface area contributed by atoms with Gasteiger partial charge in [0.25, 0.3) is 0 Å². The number of alkyl halides is 1. The van der Waals surface area contributed by atoms with Crippen LogP contribution in [0.5, 0.6) is 0 Å². The van der Waals surface area contributed by atoms with Gasteiger partial charge in [-0.15, -0.1) is 11.6 Å². The highest BCUT2D eigenvalue weighted by atomic mass is 35.5. The Hall–Kier alpha value is 0.210. The van der Waals surface area contributed by atoms with Crippen LogP contribution >= 0.6 is 11.6 Å². The molecule has 0 aliphatic carbocycles. The molecule has 1 rings (SSSR count). The van der Waals surface area contributed by atoms with Crippen LogP contribution in [0, 0.1) is 5.41 Å². The van der Waals surface area contributed by atoms with E-state index in [4.69, 9.17) is 21.1 Å². The van der Waals surface area contributed by atoms with Crippen molar-refractivity contribution in [2.24, 2.45) is 5.41 Å². The van der Waals surface area contributed by atoms with Gasteiger partial charge in [0.1, 0.15) is 0 Å².